The summed E-state index contributed by atoms with van der Waals surface area (Å²) in [4.78, 5) is 25.6. The van der Waals surface area contributed by atoms with Crippen LogP contribution < -0.4 is 10.1 Å². The number of amides is 2. The summed E-state index contributed by atoms with van der Waals surface area (Å²) in [6.07, 6.45) is 0. The fourth-order valence-electron chi connectivity index (χ4n) is 2.10. The number of ether oxygens (including phenoxy) is 2. The van der Waals surface area contributed by atoms with Gasteiger partial charge in [0, 0.05) is 13.1 Å². The number of methoxy groups -OCH3 is 1. The molecule has 0 bridgehead atoms. The zero-order valence-corrected chi connectivity index (χ0v) is 13.1. The fraction of sp³-hybridized carbons (Fsp3) is 0.467. The smallest absolute Gasteiger partial charge is 0.243 e. The van der Waals surface area contributed by atoms with E-state index in [-0.39, 0.29) is 12.5 Å². The molecule has 120 valence electrons. The van der Waals surface area contributed by atoms with E-state index in [4.69, 9.17) is 21.1 Å². The molecule has 0 aromatic heterocycles. The van der Waals surface area contributed by atoms with E-state index in [1.54, 1.807) is 36.3 Å². The molecule has 0 radical (unpaired) electrons. The molecule has 0 aliphatic carbocycles. The summed E-state index contributed by atoms with van der Waals surface area (Å²) in [7, 11) is 1.57. The highest BCUT2D eigenvalue weighted by Gasteiger charge is 2.21. The second-order valence-corrected chi connectivity index (χ2v) is 5.28. The van der Waals surface area contributed by atoms with E-state index in [1.165, 1.54) is 0 Å². The van der Waals surface area contributed by atoms with E-state index in [0.29, 0.717) is 37.6 Å². The maximum Gasteiger partial charge on any atom is 0.243 e. The highest BCUT2D eigenvalue weighted by molar-refractivity contribution is 6.30. The summed E-state index contributed by atoms with van der Waals surface area (Å²) >= 11 is 6.12. The van der Waals surface area contributed by atoms with E-state index < -0.39 is 11.3 Å². The molecule has 2 rings (SSSR count). The average molecular weight is 327 g/mol. The van der Waals surface area contributed by atoms with Gasteiger partial charge in [-0.3, -0.25) is 9.59 Å². The average Bonchev–Trinajstić information content (AvgIpc) is 2.59. The van der Waals surface area contributed by atoms with Gasteiger partial charge in [-0.15, -0.1) is 11.6 Å². The van der Waals surface area contributed by atoms with Crippen LogP contribution in [0.5, 0.6) is 5.75 Å². The third-order valence-electron chi connectivity index (χ3n) is 3.42. The van der Waals surface area contributed by atoms with Crippen molar-refractivity contribution in [3.05, 3.63) is 29.8 Å². The number of morpholine rings is 1. The lowest BCUT2D eigenvalue weighted by atomic mass is 10.1. The number of halogens is 1. The standard InChI is InChI=1S/C15H19ClN2O4/c1-21-12-4-2-11(3-5-12)14(16)15(20)17-10-13(19)18-6-8-22-9-7-18/h2-5,14H,6-10H2,1H3,(H,17,20). The number of carbonyl (C=O) groups excluding carboxylic acids is 2. The minimum absolute atomic E-state index is 0.0573. The Labute approximate surface area is 134 Å². The van der Waals surface area contributed by atoms with Gasteiger partial charge in [-0.05, 0) is 17.7 Å². The largest absolute Gasteiger partial charge is 0.497 e. The molecule has 7 heteroatoms. The van der Waals surface area contributed by atoms with Crippen LogP contribution in [-0.4, -0.2) is 56.7 Å². The van der Waals surface area contributed by atoms with Crippen molar-refractivity contribution in [3.63, 3.8) is 0 Å². The first kappa shape index (κ1) is 16.6. The molecule has 1 fully saturated rings. The molecular formula is C15H19ClN2O4. The van der Waals surface area contributed by atoms with Crippen molar-refractivity contribution in [1.82, 2.24) is 10.2 Å². The molecule has 1 aromatic rings. The molecule has 1 aliphatic heterocycles. The van der Waals surface area contributed by atoms with Crippen molar-refractivity contribution in [3.8, 4) is 5.75 Å². The highest BCUT2D eigenvalue weighted by atomic mass is 35.5. The molecule has 1 atom stereocenters. The highest BCUT2D eigenvalue weighted by Crippen LogP contribution is 2.22. The van der Waals surface area contributed by atoms with E-state index in [1.807, 2.05) is 0 Å². The summed E-state index contributed by atoms with van der Waals surface area (Å²) in [6.45, 7) is 2.11. The predicted octanol–water partition coefficient (Wildman–Crippen LogP) is 0.950. The lowest BCUT2D eigenvalue weighted by molar-refractivity contribution is -0.136. The first-order chi connectivity index (χ1) is 10.6. The van der Waals surface area contributed by atoms with Crippen LogP contribution in [0.1, 0.15) is 10.9 Å². The second-order valence-electron chi connectivity index (χ2n) is 4.85. The molecule has 1 aliphatic rings. The van der Waals surface area contributed by atoms with Crippen LogP contribution in [-0.2, 0) is 14.3 Å². The van der Waals surface area contributed by atoms with Gasteiger partial charge in [0.25, 0.3) is 0 Å². The maximum absolute atomic E-state index is 12.0. The number of hydrogen-bond donors (Lipinski definition) is 1. The van der Waals surface area contributed by atoms with Crippen LogP contribution in [0.3, 0.4) is 0 Å². The third-order valence-corrected chi connectivity index (χ3v) is 3.87. The SMILES string of the molecule is COc1ccc(C(Cl)C(=O)NCC(=O)N2CCOCC2)cc1. The van der Waals surface area contributed by atoms with Crippen molar-refractivity contribution < 1.29 is 19.1 Å². The molecule has 1 N–H and O–H groups in total. The van der Waals surface area contributed by atoms with Gasteiger partial charge < -0.3 is 19.7 Å². The van der Waals surface area contributed by atoms with Crippen LogP contribution in [0.15, 0.2) is 24.3 Å². The summed E-state index contributed by atoms with van der Waals surface area (Å²) in [6, 6.07) is 6.91. The normalized spacial score (nSPS) is 16.0. The van der Waals surface area contributed by atoms with E-state index in [9.17, 15) is 9.59 Å². The molecule has 1 aromatic carbocycles. The number of nitrogens with one attached hydrogen (secondary N) is 1. The first-order valence-electron chi connectivity index (χ1n) is 7.03. The van der Waals surface area contributed by atoms with E-state index in [2.05, 4.69) is 5.32 Å². The van der Waals surface area contributed by atoms with Crippen LogP contribution >= 0.6 is 11.6 Å². The van der Waals surface area contributed by atoms with Gasteiger partial charge in [0.1, 0.15) is 11.1 Å². The number of rotatable bonds is 5. The monoisotopic (exact) mass is 326 g/mol. The van der Waals surface area contributed by atoms with E-state index in [0.717, 1.165) is 0 Å². The quantitative estimate of drug-likeness (QED) is 0.818. The fourth-order valence-corrected chi connectivity index (χ4v) is 2.32. The van der Waals surface area contributed by atoms with Gasteiger partial charge in [0.15, 0.2) is 0 Å². The molecule has 22 heavy (non-hydrogen) atoms. The summed E-state index contributed by atoms with van der Waals surface area (Å²) in [5.74, 6) is 0.166. The first-order valence-corrected chi connectivity index (χ1v) is 7.46. The number of carbonyl (C=O) groups is 2. The van der Waals surface area contributed by atoms with Gasteiger partial charge >= 0.3 is 0 Å². The summed E-state index contributed by atoms with van der Waals surface area (Å²) in [5.41, 5.74) is 0.652. The zero-order chi connectivity index (χ0) is 15.9. The Hall–Kier alpha value is -1.79. The Morgan fingerprint density at radius 3 is 2.55 bits per heavy atom. The minimum Gasteiger partial charge on any atom is -0.497 e. The van der Waals surface area contributed by atoms with Gasteiger partial charge in [-0.1, -0.05) is 12.1 Å². The van der Waals surface area contributed by atoms with Gasteiger partial charge in [0.05, 0.1) is 26.9 Å². The lowest BCUT2D eigenvalue weighted by Gasteiger charge is -2.27. The molecule has 1 saturated heterocycles. The third kappa shape index (κ3) is 4.35. The predicted molar refractivity (Wildman–Crippen MR) is 82.0 cm³/mol. The number of nitrogens with zero attached hydrogens (tertiary/aromatic N) is 1. The summed E-state index contributed by atoms with van der Waals surface area (Å²) < 4.78 is 10.2. The zero-order valence-electron chi connectivity index (χ0n) is 12.4. The Morgan fingerprint density at radius 2 is 1.95 bits per heavy atom. The van der Waals surface area contributed by atoms with Gasteiger partial charge in [-0.2, -0.15) is 0 Å². The van der Waals surface area contributed by atoms with Crippen LogP contribution in [0.25, 0.3) is 0 Å². The Kier molecular flexibility index (Phi) is 6.03. The van der Waals surface area contributed by atoms with Crippen molar-refractivity contribution in [2.45, 2.75) is 5.38 Å². The van der Waals surface area contributed by atoms with Crippen LogP contribution in [0.2, 0.25) is 0 Å². The Morgan fingerprint density at radius 1 is 1.32 bits per heavy atom. The van der Waals surface area contributed by atoms with Crippen molar-refractivity contribution in [2.75, 3.05) is 40.0 Å². The van der Waals surface area contributed by atoms with Crippen molar-refractivity contribution in [2.24, 2.45) is 0 Å². The lowest BCUT2D eigenvalue weighted by Crippen LogP contribution is -2.46. The molecule has 2 amide bonds. The molecule has 0 spiro atoms. The number of alkyl halides is 1. The Balaban J connectivity index is 1.83. The number of hydrogen-bond acceptors (Lipinski definition) is 4. The molecule has 1 heterocycles. The second kappa shape index (κ2) is 8.00. The number of benzene rings is 1. The maximum atomic E-state index is 12.0. The van der Waals surface area contributed by atoms with Crippen LogP contribution in [0.4, 0.5) is 0 Å². The molecule has 0 saturated carbocycles. The van der Waals surface area contributed by atoms with Gasteiger partial charge in [-0.25, -0.2) is 0 Å². The molecule has 1 unspecified atom stereocenters. The Bertz CT molecular complexity index is 515. The van der Waals surface area contributed by atoms with Crippen molar-refractivity contribution in [1.29, 1.82) is 0 Å². The topological polar surface area (TPSA) is 67.9 Å². The molecular weight excluding hydrogens is 308 g/mol. The molecule has 6 nitrogen and oxygen atoms in total. The minimum atomic E-state index is -0.844. The van der Waals surface area contributed by atoms with Gasteiger partial charge in [0.2, 0.25) is 11.8 Å². The van der Waals surface area contributed by atoms with Crippen molar-refractivity contribution >= 4 is 23.4 Å². The summed E-state index contributed by atoms with van der Waals surface area (Å²) in [5, 5.41) is 1.73. The van der Waals surface area contributed by atoms with Crippen LogP contribution in [0, 0.1) is 0 Å². The van der Waals surface area contributed by atoms with E-state index >= 15 is 0 Å².